The zero-order chi connectivity index (χ0) is 34.7. The van der Waals surface area contributed by atoms with E-state index >= 15 is 0 Å². The van der Waals surface area contributed by atoms with Crippen molar-refractivity contribution in [3.63, 3.8) is 0 Å². The highest BCUT2D eigenvalue weighted by atomic mass is 35.5. The van der Waals surface area contributed by atoms with E-state index in [2.05, 4.69) is 0 Å². The zero-order valence-corrected chi connectivity index (χ0v) is 26.2. The van der Waals surface area contributed by atoms with E-state index in [1.807, 2.05) is 18.2 Å². The molecule has 0 radical (unpaired) electrons. The fraction of sp³-hybridized carbons (Fsp3) is 0.286. The minimum atomic E-state index is -5.06. The molecule has 0 spiro atoms. The van der Waals surface area contributed by atoms with Crippen LogP contribution >= 0.6 is 11.6 Å². The quantitative estimate of drug-likeness (QED) is 0.196. The second-order valence-electron chi connectivity index (χ2n) is 12.0. The van der Waals surface area contributed by atoms with Crippen LogP contribution in [0.15, 0.2) is 66.7 Å². The van der Waals surface area contributed by atoms with Crippen molar-refractivity contribution in [2.24, 2.45) is 0 Å². The summed E-state index contributed by atoms with van der Waals surface area (Å²) in [5, 5.41) is 9.73. The van der Waals surface area contributed by atoms with Crippen molar-refractivity contribution in [3.8, 4) is 22.3 Å². The minimum absolute atomic E-state index is 0.0299. The summed E-state index contributed by atoms with van der Waals surface area (Å²) in [6, 6.07) is 13.9. The highest BCUT2D eigenvalue weighted by Crippen LogP contribution is 2.44. The molecule has 3 aromatic carbocycles. The number of ether oxygens (including phenoxy) is 1. The van der Waals surface area contributed by atoms with Crippen molar-refractivity contribution in [2.75, 3.05) is 0 Å². The van der Waals surface area contributed by atoms with Crippen LogP contribution in [0.1, 0.15) is 75.8 Å². The van der Waals surface area contributed by atoms with E-state index in [1.54, 1.807) is 31.2 Å². The lowest BCUT2D eigenvalue weighted by molar-refractivity contribution is -0.143. The third-order valence-electron chi connectivity index (χ3n) is 8.68. The SMILES string of the molecule is Cc1cc(C(=O)O)ccc1-c1ccc(Cl)c(-c2ccc(C3CC3)nc2CN2C(=O)O[C@H](c3cc(C(F)(F)F)cc(C(F)(F)F)c3)[C@@H]2C)c1. The topological polar surface area (TPSA) is 79.7 Å². The number of rotatable bonds is 7. The van der Waals surface area contributed by atoms with Crippen LogP contribution in [0, 0.1) is 6.92 Å². The van der Waals surface area contributed by atoms with E-state index in [-0.39, 0.29) is 24.1 Å². The molecule has 2 fully saturated rings. The van der Waals surface area contributed by atoms with Gasteiger partial charge in [-0.2, -0.15) is 26.3 Å². The van der Waals surface area contributed by atoms with Crippen LogP contribution in [0.2, 0.25) is 5.02 Å². The Morgan fingerprint density at radius 3 is 2.15 bits per heavy atom. The third-order valence-corrected chi connectivity index (χ3v) is 9.01. The number of carboxylic acids is 1. The predicted molar refractivity (Wildman–Crippen MR) is 164 cm³/mol. The van der Waals surface area contributed by atoms with E-state index < -0.39 is 53.3 Å². The number of cyclic esters (lactones) is 1. The average molecular weight is 689 g/mol. The molecule has 1 saturated carbocycles. The van der Waals surface area contributed by atoms with E-state index in [9.17, 15) is 41.0 Å². The maximum Gasteiger partial charge on any atom is 0.416 e. The molecule has 1 saturated heterocycles. The first-order valence-electron chi connectivity index (χ1n) is 14.9. The summed E-state index contributed by atoms with van der Waals surface area (Å²) in [4.78, 5) is 30.7. The monoisotopic (exact) mass is 688 g/mol. The Morgan fingerprint density at radius 1 is 0.917 bits per heavy atom. The van der Waals surface area contributed by atoms with Crippen LogP contribution in [0.4, 0.5) is 31.1 Å². The number of nitrogens with zero attached hydrogens (tertiary/aromatic N) is 2. The van der Waals surface area contributed by atoms with Crippen LogP contribution in [0.25, 0.3) is 22.3 Å². The molecule has 2 atom stereocenters. The Hall–Kier alpha value is -4.58. The van der Waals surface area contributed by atoms with E-state index in [4.69, 9.17) is 21.3 Å². The van der Waals surface area contributed by atoms with Gasteiger partial charge in [0.2, 0.25) is 0 Å². The van der Waals surface area contributed by atoms with Gasteiger partial charge in [-0.3, -0.25) is 9.88 Å². The molecule has 13 heteroatoms. The Kier molecular flexibility index (Phi) is 8.43. The second kappa shape index (κ2) is 12.1. The number of aromatic carboxylic acids is 1. The fourth-order valence-electron chi connectivity index (χ4n) is 5.97. The van der Waals surface area contributed by atoms with Crippen molar-refractivity contribution in [2.45, 2.75) is 63.7 Å². The van der Waals surface area contributed by atoms with Gasteiger partial charge < -0.3 is 9.84 Å². The summed E-state index contributed by atoms with van der Waals surface area (Å²) in [6.07, 6.45) is -10.6. The Morgan fingerprint density at radius 2 is 1.56 bits per heavy atom. The Bertz CT molecular complexity index is 1910. The van der Waals surface area contributed by atoms with Crippen molar-refractivity contribution >= 4 is 23.7 Å². The molecule has 48 heavy (non-hydrogen) atoms. The molecule has 1 aliphatic heterocycles. The van der Waals surface area contributed by atoms with Gasteiger partial charge >= 0.3 is 24.4 Å². The number of alkyl halides is 6. The normalized spacial score (nSPS) is 18.3. The summed E-state index contributed by atoms with van der Waals surface area (Å²) < 4.78 is 86.9. The zero-order valence-electron chi connectivity index (χ0n) is 25.4. The largest absolute Gasteiger partial charge is 0.478 e. The van der Waals surface area contributed by atoms with Crippen molar-refractivity contribution in [3.05, 3.63) is 111 Å². The van der Waals surface area contributed by atoms with Gasteiger partial charge in [0, 0.05) is 27.8 Å². The van der Waals surface area contributed by atoms with Gasteiger partial charge in [-0.25, -0.2) is 9.59 Å². The van der Waals surface area contributed by atoms with E-state index in [1.165, 1.54) is 17.9 Å². The number of halogens is 7. The Labute approximate surface area is 275 Å². The number of hydrogen-bond donors (Lipinski definition) is 1. The molecule has 6 rings (SSSR count). The number of amides is 1. The van der Waals surface area contributed by atoms with E-state index in [0.29, 0.717) is 39.5 Å². The summed E-state index contributed by atoms with van der Waals surface area (Å²) in [5.41, 5.74) is 1.24. The van der Waals surface area contributed by atoms with Gasteiger partial charge in [0.1, 0.15) is 6.10 Å². The molecule has 4 aromatic rings. The average Bonchev–Trinajstić information content (AvgIpc) is 3.83. The Balaban J connectivity index is 1.38. The molecule has 1 aromatic heterocycles. The van der Waals surface area contributed by atoms with Crippen molar-refractivity contribution in [1.29, 1.82) is 0 Å². The van der Waals surface area contributed by atoms with Crippen LogP contribution < -0.4 is 0 Å². The maximum atomic E-state index is 13.6. The minimum Gasteiger partial charge on any atom is -0.478 e. The number of aryl methyl sites for hydroxylation is 1. The first-order valence-corrected chi connectivity index (χ1v) is 15.3. The van der Waals surface area contributed by atoms with Crippen LogP contribution in [0.5, 0.6) is 0 Å². The van der Waals surface area contributed by atoms with Gasteiger partial charge in [-0.15, -0.1) is 0 Å². The van der Waals surface area contributed by atoms with Crippen molar-refractivity contribution in [1.82, 2.24) is 9.88 Å². The molecular formula is C35H27ClF6N2O4. The lowest BCUT2D eigenvalue weighted by Crippen LogP contribution is -2.32. The lowest BCUT2D eigenvalue weighted by atomic mass is 9.94. The molecule has 250 valence electrons. The predicted octanol–water partition coefficient (Wildman–Crippen LogP) is 10.1. The first-order chi connectivity index (χ1) is 22.5. The molecule has 1 amide bonds. The van der Waals surface area contributed by atoms with Gasteiger partial charge in [0.15, 0.2) is 0 Å². The third kappa shape index (κ3) is 6.58. The van der Waals surface area contributed by atoms with Gasteiger partial charge in [-0.05, 0) is 97.5 Å². The standard InChI is InChI=1S/C35H27ClF6N2O4/c1-17-11-21(32(45)46)5-7-25(17)20-6-9-28(36)27(14-20)26-8-10-29(19-3-4-19)43-30(26)16-44-18(2)31(48-33(44)47)22-12-23(34(37,38)39)15-24(13-22)35(40,41)42/h5-15,18-19,31H,3-4,16H2,1-2H3,(H,45,46)/t18-,31-/m0/s1. The second-order valence-corrected chi connectivity index (χ2v) is 12.5. The highest BCUT2D eigenvalue weighted by molar-refractivity contribution is 6.33. The summed E-state index contributed by atoms with van der Waals surface area (Å²) in [6.45, 7) is 3.11. The molecule has 1 N–H and O–H groups in total. The molecule has 6 nitrogen and oxygen atoms in total. The number of carbonyl (C=O) groups is 2. The van der Waals surface area contributed by atoms with Gasteiger partial charge in [0.25, 0.3) is 0 Å². The molecule has 1 aliphatic carbocycles. The molecule has 2 aliphatic rings. The number of aromatic nitrogens is 1. The first kappa shape index (κ1) is 33.3. The van der Waals surface area contributed by atoms with Gasteiger partial charge in [-0.1, -0.05) is 29.8 Å². The van der Waals surface area contributed by atoms with Crippen molar-refractivity contribution < 1.29 is 45.8 Å². The summed E-state index contributed by atoms with van der Waals surface area (Å²) >= 11 is 6.70. The summed E-state index contributed by atoms with van der Waals surface area (Å²) in [5.74, 6) is -0.838. The van der Waals surface area contributed by atoms with Crippen LogP contribution in [-0.4, -0.2) is 33.1 Å². The van der Waals surface area contributed by atoms with Crippen LogP contribution in [-0.2, 0) is 23.6 Å². The smallest absolute Gasteiger partial charge is 0.416 e. The number of carboxylic acid groups (broad SMARTS) is 1. The van der Waals surface area contributed by atoms with Crippen LogP contribution in [0.3, 0.4) is 0 Å². The van der Waals surface area contributed by atoms with E-state index in [0.717, 1.165) is 29.7 Å². The molecule has 0 unspecified atom stereocenters. The van der Waals surface area contributed by atoms with Gasteiger partial charge in [0.05, 0.1) is 35.0 Å². The number of carbonyl (C=O) groups excluding carboxylic acids is 1. The summed E-state index contributed by atoms with van der Waals surface area (Å²) in [7, 11) is 0. The fourth-order valence-corrected chi connectivity index (χ4v) is 6.19. The number of benzene rings is 3. The maximum absolute atomic E-state index is 13.6. The number of pyridine rings is 1. The highest BCUT2D eigenvalue weighted by Gasteiger charge is 2.43. The molecule has 2 heterocycles. The molecular weight excluding hydrogens is 662 g/mol. The lowest BCUT2D eigenvalue weighted by Gasteiger charge is -2.23. The number of hydrogen-bond acceptors (Lipinski definition) is 4. The molecule has 0 bridgehead atoms.